The van der Waals surface area contributed by atoms with Crippen LogP contribution >= 0.6 is 0 Å². The second kappa shape index (κ2) is 7.34. The van der Waals surface area contributed by atoms with Crippen molar-refractivity contribution >= 4 is 11.9 Å². The molecule has 6 nitrogen and oxygen atoms in total. The fraction of sp³-hybridized carbons (Fsp3) is 0.316. The van der Waals surface area contributed by atoms with Crippen molar-refractivity contribution in [1.29, 1.82) is 0 Å². The SMILES string of the molecule is CC(CN(C(=O)c1cc(Oc2ccccc2)ccn1)C1CC1)C(=O)O. The number of carbonyl (C=O) groups excluding carboxylic acids is 1. The average Bonchev–Trinajstić information content (AvgIpc) is 3.45. The van der Waals surface area contributed by atoms with E-state index in [-0.39, 0.29) is 24.2 Å². The highest BCUT2D eigenvalue weighted by Crippen LogP contribution is 2.29. The molecule has 1 unspecified atom stereocenters. The van der Waals surface area contributed by atoms with Crippen LogP contribution < -0.4 is 4.74 Å². The maximum Gasteiger partial charge on any atom is 0.308 e. The quantitative estimate of drug-likeness (QED) is 0.837. The van der Waals surface area contributed by atoms with Crippen LogP contribution in [-0.2, 0) is 4.79 Å². The number of rotatable bonds is 7. The van der Waals surface area contributed by atoms with E-state index in [4.69, 9.17) is 9.84 Å². The summed E-state index contributed by atoms with van der Waals surface area (Å²) in [5, 5.41) is 9.12. The van der Waals surface area contributed by atoms with E-state index >= 15 is 0 Å². The summed E-state index contributed by atoms with van der Waals surface area (Å²) in [7, 11) is 0. The Bertz CT molecular complexity index is 759. The first-order valence-electron chi connectivity index (χ1n) is 8.27. The maximum atomic E-state index is 12.8. The fourth-order valence-corrected chi connectivity index (χ4v) is 2.52. The first-order chi connectivity index (χ1) is 12.0. The molecule has 1 fully saturated rings. The summed E-state index contributed by atoms with van der Waals surface area (Å²) in [6, 6.07) is 12.7. The number of benzene rings is 1. The van der Waals surface area contributed by atoms with Crippen molar-refractivity contribution in [3.05, 3.63) is 54.4 Å². The van der Waals surface area contributed by atoms with Gasteiger partial charge in [0.2, 0.25) is 0 Å². The summed E-state index contributed by atoms with van der Waals surface area (Å²) in [6.45, 7) is 1.79. The summed E-state index contributed by atoms with van der Waals surface area (Å²) < 4.78 is 5.74. The maximum absolute atomic E-state index is 12.8. The molecule has 0 bridgehead atoms. The van der Waals surface area contributed by atoms with Gasteiger partial charge < -0.3 is 14.7 Å². The number of hydrogen-bond acceptors (Lipinski definition) is 4. The number of nitrogens with zero attached hydrogens (tertiary/aromatic N) is 2. The van der Waals surface area contributed by atoms with E-state index in [1.54, 1.807) is 24.0 Å². The van der Waals surface area contributed by atoms with Crippen LogP contribution in [0.4, 0.5) is 0 Å². The lowest BCUT2D eigenvalue weighted by atomic mass is 10.1. The molecule has 1 amide bonds. The van der Waals surface area contributed by atoms with Crippen LogP contribution in [0.15, 0.2) is 48.7 Å². The molecule has 1 aliphatic carbocycles. The molecule has 1 heterocycles. The molecular weight excluding hydrogens is 320 g/mol. The Morgan fingerprint density at radius 1 is 1.24 bits per heavy atom. The zero-order valence-corrected chi connectivity index (χ0v) is 14.0. The summed E-state index contributed by atoms with van der Waals surface area (Å²) in [6.07, 6.45) is 3.33. The second-order valence-electron chi connectivity index (χ2n) is 6.22. The first kappa shape index (κ1) is 17.0. The van der Waals surface area contributed by atoms with E-state index in [0.29, 0.717) is 11.5 Å². The Balaban J connectivity index is 1.76. The van der Waals surface area contributed by atoms with Crippen molar-refractivity contribution in [2.45, 2.75) is 25.8 Å². The third kappa shape index (κ3) is 4.35. The molecule has 130 valence electrons. The highest BCUT2D eigenvalue weighted by atomic mass is 16.5. The number of carbonyl (C=O) groups is 2. The van der Waals surface area contributed by atoms with Crippen molar-refractivity contribution in [2.24, 2.45) is 5.92 Å². The monoisotopic (exact) mass is 340 g/mol. The molecule has 2 aromatic rings. The lowest BCUT2D eigenvalue weighted by molar-refractivity contribution is -0.141. The second-order valence-corrected chi connectivity index (χ2v) is 6.22. The Hall–Kier alpha value is -2.89. The molecule has 1 N–H and O–H groups in total. The molecule has 1 aromatic heterocycles. The smallest absolute Gasteiger partial charge is 0.308 e. The topological polar surface area (TPSA) is 79.7 Å². The summed E-state index contributed by atoms with van der Waals surface area (Å²) in [4.78, 5) is 29.7. The normalized spacial score (nSPS) is 14.6. The standard InChI is InChI=1S/C19H20N2O4/c1-13(19(23)24)12-21(14-7-8-14)18(22)17-11-16(9-10-20-17)25-15-5-3-2-4-6-15/h2-6,9-11,13-14H,7-8,12H2,1H3,(H,23,24). The lowest BCUT2D eigenvalue weighted by Crippen LogP contribution is -2.38. The fourth-order valence-electron chi connectivity index (χ4n) is 2.52. The van der Waals surface area contributed by atoms with Crippen LogP contribution in [-0.4, -0.2) is 39.5 Å². The largest absolute Gasteiger partial charge is 0.481 e. The zero-order valence-electron chi connectivity index (χ0n) is 14.0. The molecule has 0 spiro atoms. The molecule has 3 rings (SSSR count). The van der Waals surface area contributed by atoms with E-state index in [1.807, 2.05) is 30.3 Å². The van der Waals surface area contributed by atoms with Crippen LogP contribution in [0.3, 0.4) is 0 Å². The molecule has 0 aliphatic heterocycles. The van der Waals surface area contributed by atoms with Crippen molar-refractivity contribution in [2.75, 3.05) is 6.54 Å². The number of amides is 1. The minimum Gasteiger partial charge on any atom is -0.481 e. The van der Waals surface area contributed by atoms with Gasteiger partial charge in [-0.1, -0.05) is 25.1 Å². The Morgan fingerprint density at radius 2 is 1.96 bits per heavy atom. The highest BCUT2D eigenvalue weighted by molar-refractivity contribution is 5.93. The van der Waals surface area contributed by atoms with Crippen molar-refractivity contribution in [3.8, 4) is 11.5 Å². The van der Waals surface area contributed by atoms with Gasteiger partial charge in [0.05, 0.1) is 5.92 Å². The van der Waals surface area contributed by atoms with E-state index in [1.165, 1.54) is 6.20 Å². The Morgan fingerprint density at radius 3 is 2.60 bits per heavy atom. The van der Waals surface area contributed by atoms with Crippen molar-refractivity contribution < 1.29 is 19.4 Å². The molecule has 0 saturated heterocycles. The summed E-state index contributed by atoms with van der Waals surface area (Å²) in [5.41, 5.74) is 0.262. The van der Waals surface area contributed by atoms with Gasteiger partial charge in [-0.3, -0.25) is 14.6 Å². The molecule has 1 atom stereocenters. The van der Waals surface area contributed by atoms with E-state index in [2.05, 4.69) is 4.98 Å². The van der Waals surface area contributed by atoms with E-state index in [9.17, 15) is 9.59 Å². The Labute approximate surface area is 146 Å². The number of pyridine rings is 1. The number of carboxylic acid groups (broad SMARTS) is 1. The van der Waals surface area contributed by atoms with Gasteiger partial charge in [-0.2, -0.15) is 0 Å². The third-order valence-corrected chi connectivity index (χ3v) is 4.07. The summed E-state index contributed by atoms with van der Waals surface area (Å²) in [5.74, 6) is -0.591. The molecule has 0 radical (unpaired) electrons. The summed E-state index contributed by atoms with van der Waals surface area (Å²) >= 11 is 0. The molecule has 6 heteroatoms. The number of aromatic nitrogens is 1. The van der Waals surface area contributed by atoms with Crippen LogP contribution in [0.25, 0.3) is 0 Å². The predicted octanol–water partition coefficient (Wildman–Crippen LogP) is 3.20. The van der Waals surface area contributed by atoms with Crippen molar-refractivity contribution in [1.82, 2.24) is 9.88 Å². The lowest BCUT2D eigenvalue weighted by Gasteiger charge is -2.24. The minimum absolute atomic E-state index is 0.106. The van der Waals surface area contributed by atoms with Gasteiger partial charge in [0.1, 0.15) is 17.2 Å². The average molecular weight is 340 g/mol. The minimum atomic E-state index is -0.910. The third-order valence-electron chi connectivity index (χ3n) is 4.07. The zero-order chi connectivity index (χ0) is 17.8. The van der Waals surface area contributed by atoms with Gasteiger partial charge in [-0.25, -0.2) is 0 Å². The molecule has 1 aromatic carbocycles. The van der Waals surface area contributed by atoms with Crippen molar-refractivity contribution in [3.63, 3.8) is 0 Å². The van der Waals surface area contributed by atoms with Crippen LogP contribution in [0.2, 0.25) is 0 Å². The predicted molar refractivity (Wildman–Crippen MR) is 91.6 cm³/mol. The first-order valence-corrected chi connectivity index (χ1v) is 8.27. The highest BCUT2D eigenvalue weighted by Gasteiger charge is 2.35. The Kier molecular flexibility index (Phi) is 4.97. The van der Waals surface area contributed by atoms with Gasteiger partial charge in [0.25, 0.3) is 5.91 Å². The van der Waals surface area contributed by atoms with Gasteiger partial charge in [-0.15, -0.1) is 0 Å². The van der Waals surface area contributed by atoms with E-state index in [0.717, 1.165) is 12.8 Å². The van der Waals surface area contributed by atoms with Gasteiger partial charge >= 0.3 is 5.97 Å². The van der Waals surface area contributed by atoms with E-state index < -0.39 is 11.9 Å². The number of hydrogen-bond donors (Lipinski definition) is 1. The van der Waals surface area contributed by atoms with Crippen LogP contribution in [0.1, 0.15) is 30.3 Å². The number of ether oxygens (including phenoxy) is 1. The van der Waals surface area contributed by atoms with Gasteiger partial charge in [0.15, 0.2) is 0 Å². The molecular formula is C19H20N2O4. The van der Waals surface area contributed by atoms with Gasteiger partial charge in [-0.05, 0) is 31.0 Å². The molecule has 1 aliphatic rings. The van der Waals surface area contributed by atoms with Crippen LogP contribution in [0, 0.1) is 5.92 Å². The number of para-hydroxylation sites is 1. The van der Waals surface area contributed by atoms with Gasteiger partial charge in [0, 0.05) is 24.8 Å². The molecule has 25 heavy (non-hydrogen) atoms. The van der Waals surface area contributed by atoms with Crippen LogP contribution in [0.5, 0.6) is 11.5 Å². The molecule has 1 saturated carbocycles. The number of aliphatic carboxylic acids is 1. The number of carboxylic acids is 1.